The van der Waals surface area contributed by atoms with Crippen molar-refractivity contribution >= 4 is 29.1 Å². The van der Waals surface area contributed by atoms with Crippen LogP contribution in [0.5, 0.6) is 5.75 Å². The van der Waals surface area contributed by atoms with E-state index >= 15 is 0 Å². The molecule has 0 spiro atoms. The van der Waals surface area contributed by atoms with Crippen LogP contribution in [0.15, 0.2) is 42.5 Å². The second-order valence-electron chi connectivity index (χ2n) is 5.69. The summed E-state index contributed by atoms with van der Waals surface area (Å²) in [5, 5.41) is 1.36. The first-order chi connectivity index (χ1) is 11.5. The molecule has 2 aromatic carbocycles. The number of benzene rings is 2. The van der Waals surface area contributed by atoms with Crippen molar-refractivity contribution in [2.45, 2.75) is 25.8 Å². The molecule has 3 nitrogen and oxygen atoms in total. The molecule has 0 bridgehead atoms. The quantitative estimate of drug-likeness (QED) is 0.691. The Morgan fingerprint density at radius 2 is 1.75 bits per heavy atom. The van der Waals surface area contributed by atoms with Crippen LogP contribution in [0.3, 0.4) is 0 Å². The van der Waals surface area contributed by atoms with Crippen molar-refractivity contribution in [2.24, 2.45) is 0 Å². The number of amides is 1. The lowest BCUT2D eigenvalue weighted by atomic mass is 10.1. The van der Waals surface area contributed by atoms with Crippen molar-refractivity contribution in [2.75, 3.05) is 14.2 Å². The minimum absolute atomic E-state index is 0.103. The molecular formula is C19H21Cl2NO2. The van der Waals surface area contributed by atoms with Crippen LogP contribution < -0.4 is 4.74 Å². The van der Waals surface area contributed by atoms with Crippen molar-refractivity contribution < 1.29 is 9.53 Å². The molecule has 0 aromatic heterocycles. The van der Waals surface area contributed by atoms with Crippen molar-refractivity contribution in [1.29, 1.82) is 0 Å². The van der Waals surface area contributed by atoms with Crippen molar-refractivity contribution in [1.82, 2.24) is 4.90 Å². The van der Waals surface area contributed by atoms with E-state index in [0.717, 1.165) is 29.2 Å². The largest absolute Gasteiger partial charge is 0.496 e. The Labute approximate surface area is 153 Å². The van der Waals surface area contributed by atoms with Gasteiger partial charge in [-0.2, -0.15) is 0 Å². The maximum absolute atomic E-state index is 12.3. The lowest BCUT2D eigenvalue weighted by Crippen LogP contribution is -2.26. The predicted molar refractivity (Wildman–Crippen MR) is 98.9 cm³/mol. The fourth-order valence-electron chi connectivity index (χ4n) is 2.50. The minimum atomic E-state index is 0.103. The van der Waals surface area contributed by atoms with E-state index in [4.69, 9.17) is 27.9 Å². The Morgan fingerprint density at radius 1 is 1.08 bits per heavy atom. The molecule has 0 aliphatic heterocycles. The first kappa shape index (κ1) is 18.6. The molecule has 128 valence electrons. The van der Waals surface area contributed by atoms with E-state index in [2.05, 4.69) is 0 Å². The Bertz CT molecular complexity index is 686. The number of nitrogens with zero attached hydrogens (tertiary/aromatic N) is 1. The van der Waals surface area contributed by atoms with E-state index in [1.165, 1.54) is 5.56 Å². The summed E-state index contributed by atoms with van der Waals surface area (Å²) in [6.07, 6.45) is 2.16. The molecule has 0 heterocycles. The fourth-order valence-corrected chi connectivity index (χ4v) is 2.82. The van der Waals surface area contributed by atoms with Crippen molar-refractivity contribution in [3.8, 4) is 5.75 Å². The molecule has 2 aromatic rings. The van der Waals surface area contributed by atoms with Gasteiger partial charge in [-0.1, -0.05) is 35.3 Å². The van der Waals surface area contributed by atoms with Crippen molar-refractivity contribution in [3.05, 3.63) is 63.6 Å². The topological polar surface area (TPSA) is 29.5 Å². The number of ether oxygens (including phenoxy) is 1. The summed E-state index contributed by atoms with van der Waals surface area (Å²) >= 11 is 11.9. The Kier molecular flexibility index (Phi) is 6.95. The zero-order valence-corrected chi connectivity index (χ0v) is 15.4. The second kappa shape index (κ2) is 8.95. The summed E-state index contributed by atoms with van der Waals surface area (Å²) in [4.78, 5) is 14.0. The lowest BCUT2D eigenvalue weighted by Gasteiger charge is -2.19. The summed E-state index contributed by atoms with van der Waals surface area (Å²) in [5.41, 5.74) is 2.09. The highest BCUT2D eigenvalue weighted by Crippen LogP contribution is 2.24. The van der Waals surface area contributed by atoms with Gasteiger partial charge in [0, 0.05) is 35.6 Å². The summed E-state index contributed by atoms with van der Waals surface area (Å²) < 4.78 is 5.32. The average molecular weight is 366 g/mol. The molecular weight excluding hydrogens is 345 g/mol. The van der Waals surface area contributed by atoms with Gasteiger partial charge in [-0.05, 0) is 48.7 Å². The molecule has 0 unspecified atom stereocenters. The molecule has 24 heavy (non-hydrogen) atoms. The van der Waals surface area contributed by atoms with Gasteiger partial charge in [0.25, 0.3) is 0 Å². The summed E-state index contributed by atoms with van der Waals surface area (Å²) in [7, 11) is 3.41. The molecule has 0 aliphatic rings. The number of aryl methyl sites for hydroxylation is 1. The molecule has 0 fully saturated rings. The minimum Gasteiger partial charge on any atom is -0.496 e. The predicted octanol–water partition coefficient (Wildman–Crippen LogP) is 4.98. The zero-order valence-electron chi connectivity index (χ0n) is 13.9. The van der Waals surface area contributed by atoms with Gasteiger partial charge in [0.1, 0.15) is 5.75 Å². The molecule has 0 radical (unpaired) electrons. The van der Waals surface area contributed by atoms with Gasteiger partial charge in [0.2, 0.25) is 5.91 Å². The summed E-state index contributed by atoms with van der Waals surface area (Å²) in [6.45, 7) is 0.476. The van der Waals surface area contributed by atoms with E-state index in [-0.39, 0.29) is 5.91 Å². The second-order valence-corrected chi connectivity index (χ2v) is 6.56. The number of halogens is 2. The summed E-state index contributed by atoms with van der Waals surface area (Å²) in [6, 6.07) is 13.2. The molecule has 1 amide bonds. The molecule has 0 N–H and O–H groups in total. The Morgan fingerprint density at radius 3 is 2.42 bits per heavy atom. The van der Waals surface area contributed by atoms with Gasteiger partial charge in [0.15, 0.2) is 0 Å². The molecule has 0 aliphatic carbocycles. The lowest BCUT2D eigenvalue weighted by molar-refractivity contribution is -0.130. The van der Waals surface area contributed by atoms with E-state index in [9.17, 15) is 4.79 Å². The van der Waals surface area contributed by atoms with E-state index < -0.39 is 0 Å². The van der Waals surface area contributed by atoms with Crippen LogP contribution >= 0.6 is 23.2 Å². The highest BCUT2D eigenvalue weighted by Gasteiger charge is 2.12. The van der Waals surface area contributed by atoms with Crippen LogP contribution in [-0.2, 0) is 17.8 Å². The average Bonchev–Trinajstić information content (AvgIpc) is 2.56. The molecule has 0 saturated carbocycles. The monoisotopic (exact) mass is 365 g/mol. The molecule has 0 saturated heterocycles. The van der Waals surface area contributed by atoms with E-state index in [1.807, 2.05) is 36.4 Å². The molecule has 0 atom stereocenters. The summed E-state index contributed by atoms with van der Waals surface area (Å²) in [5.74, 6) is 0.839. The Balaban J connectivity index is 1.86. The SMILES string of the molecule is COc1ccc(Cl)cc1CN(C)C(=O)CCCc1ccc(Cl)cc1. The zero-order chi connectivity index (χ0) is 17.5. The highest BCUT2D eigenvalue weighted by molar-refractivity contribution is 6.30. The Hall–Kier alpha value is -1.71. The number of hydrogen-bond acceptors (Lipinski definition) is 2. The smallest absolute Gasteiger partial charge is 0.222 e. The third-order valence-electron chi connectivity index (χ3n) is 3.85. The van der Waals surface area contributed by atoms with Gasteiger partial charge < -0.3 is 9.64 Å². The molecule has 2 rings (SSSR count). The van der Waals surface area contributed by atoms with E-state index in [1.54, 1.807) is 25.1 Å². The number of carbonyl (C=O) groups is 1. The third kappa shape index (κ3) is 5.43. The normalized spacial score (nSPS) is 10.5. The fraction of sp³-hybridized carbons (Fsp3) is 0.316. The van der Waals surface area contributed by atoms with Crippen LogP contribution in [0, 0.1) is 0 Å². The number of methoxy groups -OCH3 is 1. The van der Waals surface area contributed by atoms with Gasteiger partial charge in [-0.3, -0.25) is 4.79 Å². The maximum atomic E-state index is 12.3. The highest BCUT2D eigenvalue weighted by atomic mass is 35.5. The third-order valence-corrected chi connectivity index (χ3v) is 4.33. The maximum Gasteiger partial charge on any atom is 0.222 e. The molecule has 5 heteroatoms. The first-order valence-electron chi connectivity index (χ1n) is 7.80. The van der Waals surface area contributed by atoms with Crippen LogP contribution in [0.4, 0.5) is 0 Å². The van der Waals surface area contributed by atoms with Gasteiger partial charge in [0.05, 0.1) is 7.11 Å². The number of carbonyl (C=O) groups excluding carboxylic acids is 1. The van der Waals surface area contributed by atoms with Crippen molar-refractivity contribution in [3.63, 3.8) is 0 Å². The van der Waals surface area contributed by atoms with Gasteiger partial charge >= 0.3 is 0 Å². The van der Waals surface area contributed by atoms with E-state index in [0.29, 0.717) is 18.0 Å². The first-order valence-corrected chi connectivity index (χ1v) is 8.56. The van der Waals surface area contributed by atoms with Gasteiger partial charge in [-0.15, -0.1) is 0 Å². The number of rotatable bonds is 7. The van der Waals surface area contributed by atoms with Crippen LogP contribution in [0.25, 0.3) is 0 Å². The van der Waals surface area contributed by atoms with Crippen LogP contribution in [0.2, 0.25) is 10.0 Å². The van der Waals surface area contributed by atoms with Gasteiger partial charge in [-0.25, -0.2) is 0 Å². The number of hydrogen-bond donors (Lipinski definition) is 0. The van der Waals surface area contributed by atoms with Crippen LogP contribution in [-0.4, -0.2) is 25.0 Å². The van der Waals surface area contributed by atoms with Crippen LogP contribution in [0.1, 0.15) is 24.0 Å². The standard InChI is InChI=1S/C19H21Cl2NO2/c1-22(13-15-12-17(21)10-11-18(15)24-2)19(23)5-3-4-14-6-8-16(20)9-7-14/h6-12H,3-5,13H2,1-2H3.